The van der Waals surface area contributed by atoms with Crippen molar-refractivity contribution >= 4 is 17.8 Å². The van der Waals surface area contributed by atoms with E-state index < -0.39 is 12.1 Å². The van der Waals surface area contributed by atoms with Gasteiger partial charge in [-0.2, -0.15) is 13.2 Å². The van der Waals surface area contributed by atoms with Crippen molar-refractivity contribution in [2.75, 3.05) is 32.7 Å². The number of hydrogen-bond acceptors (Lipinski definition) is 4. The molecule has 1 heterocycles. The summed E-state index contributed by atoms with van der Waals surface area (Å²) in [6.45, 7) is 4.98. The Bertz CT molecular complexity index is 990. The number of carboxylic acids is 1. The van der Waals surface area contributed by atoms with Gasteiger partial charge in [-0.15, -0.1) is 0 Å². The van der Waals surface area contributed by atoms with Gasteiger partial charge in [-0.3, -0.25) is 9.59 Å². The summed E-state index contributed by atoms with van der Waals surface area (Å²) in [5, 5.41) is 10.3. The first-order valence-electron chi connectivity index (χ1n) is 10.4. The third kappa shape index (κ3) is 8.47. The Balaban J connectivity index is 0.000000509. The normalized spacial score (nSPS) is 13.5. The summed E-state index contributed by atoms with van der Waals surface area (Å²) in [5.41, 5.74) is 2.31. The summed E-state index contributed by atoms with van der Waals surface area (Å²) in [6, 6.07) is 13.3. The number of piperazine rings is 1. The third-order valence-corrected chi connectivity index (χ3v) is 4.88. The SMILES string of the molecule is Cc1cccc(C(=O)N(CC(=O)N2CCNCC2)Cc2ccc(F)cc2)c1.O=C(O)C(F)(F)F. The van der Waals surface area contributed by atoms with Crippen LogP contribution in [0.2, 0.25) is 0 Å². The molecule has 11 heteroatoms. The van der Waals surface area contributed by atoms with Crippen molar-refractivity contribution in [3.63, 3.8) is 0 Å². The topological polar surface area (TPSA) is 90.0 Å². The zero-order chi connectivity index (χ0) is 25.3. The number of benzene rings is 2. The average molecular weight is 483 g/mol. The van der Waals surface area contributed by atoms with Crippen LogP contribution in [0.5, 0.6) is 0 Å². The van der Waals surface area contributed by atoms with E-state index in [9.17, 15) is 27.2 Å². The molecular weight excluding hydrogens is 458 g/mol. The van der Waals surface area contributed by atoms with E-state index in [1.807, 2.05) is 25.1 Å². The van der Waals surface area contributed by atoms with E-state index in [1.54, 1.807) is 23.1 Å². The average Bonchev–Trinajstić information content (AvgIpc) is 2.80. The number of aliphatic carboxylic acids is 1. The number of amides is 2. The van der Waals surface area contributed by atoms with Gasteiger partial charge >= 0.3 is 12.1 Å². The Morgan fingerprint density at radius 2 is 1.65 bits per heavy atom. The molecule has 0 saturated carbocycles. The molecule has 0 radical (unpaired) electrons. The molecule has 0 unspecified atom stereocenters. The second-order valence-corrected chi connectivity index (χ2v) is 7.59. The molecule has 2 amide bonds. The van der Waals surface area contributed by atoms with Crippen LogP contribution in [0.15, 0.2) is 48.5 Å². The summed E-state index contributed by atoms with van der Waals surface area (Å²) in [5.74, 6) is -3.36. The lowest BCUT2D eigenvalue weighted by atomic mass is 10.1. The molecule has 1 aliphatic rings. The second-order valence-electron chi connectivity index (χ2n) is 7.59. The van der Waals surface area contributed by atoms with Gasteiger partial charge in [-0.25, -0.2) is 9.18 Å². The van der Waals surface area contributed by atoms with E-state index >= 15 is 0 Å². The fourth-order valence-corrected chi connectivity index (χ4v) is 3.15. The maximum atomic E-state index is 13.2. The molecule has 7 nitrogen and oxygen atoms in total. The molecule has 1 aliphatic heterocycles. The number of hydrogen-bond donors (Lipinski definition) is 2. The summed E-state index contributed by atoms with van der Waals surface area (Å²) in [7, 11) is 0. The first-order chi connectivity index (χ1) is 16.0. The quantitative estimate of drug-likeness (QED) is 0.639. The van der Waals surface area contributed by atoms with E-state index in [2.05, 4.69) is 5.32 Å². The van der Waals surface area contributed by atoms with Crippen LogP contribution in [0.25, 0.3) is 0 Å². The molecule has 0 atom stereocenters. The van der Waals surface area contributed by atoms with Gasteiger partial charge in [0.2, 0.25) is 5.91 Å². The molecule has 2 aromatic carbocycles. The lowest BCUT2D eigenvalue weighted by molar-refractivity contribution is -0.192. The maximum Gasteiger partial charge on any atom is 0.490 e. The minimum Gasteiger partial charge on any atom is -0.475 e. The summed E-state index contributed by atoms with van der Waals surface area (Å²) < 4.78 is 44.9. The highest BCUT2D eigenvalue weighted by Gasteiger charge is 2.38. The van der Waals surface area contributed by atoms with Crippen LogP contribution < -0.4 is 5.32 Å². The molecule has 0 aliphatic carbocycles. The minimum atomic E-state index is -5.08. The van der Waals surface area contributed by atoms with Crippen molar-refractivity contribution < 1.29 is 37.1 Å². The number of carbonyl (C=O) groups excluding carboxylic acids is 2. The summed E-state index contributed by atoms with van der Waals surface area (Å²) >= 11 is 0. The number of rotatable bonds is 5. The van der Waals surface area contributed by atoms with Crippen LogP contribution >= 0.6 is 0 Å². The van der Waals surface area contributed by atoms with Crippen molar-refractivity contribution in [1.82, 2.24) is 15.1 Å². The lowest BCUT2D eigenvalue weighted by Crippen LogP contribution is -2.50. The first kappa shape index (κ1) is 26.8. The molecule has 34 heavy (non-hydrogen) atoms. The monoisotopic (exact) mass is 483 g/mol. The van der Waals surface area contributed by atoms with Crippen molar-refractivity contribution in [3.8, 4) is 0 Å². The van der Waals surface area contributed by atoms with Gasteiger partial charge in [0, 0.05) is 38.3 Å². The molecule has 184 valence electrons. The molecule has 0 spiro atoms. The number of halogens is 4. The molecule has 0 bridgehead atoms. The van der Waals surface area contributed by atoms with Crippen LogP contribution in [0.3, 0.4) is 0 Å². The Labute approximate surface area is 194 Å². The standard InChI is InChI=1S/C21H24FN3O2.C2HF3O2/c1-16-3-2-4-18(13-16)21(27)25(14-17-5-7-19(22)8-6-17)15-20(26)24-11-9-23-10-12-24;3-2(4,5)1(6)7/h2-8,13,23H,9-12,14-15H2,1H3;(H,6,7). The molecule has 2 aromatic rings. The highest BCUT2D eigenvalue weighted by molar-refractivity contribution is 5.96. The zero-order valence-electron chi connectivity index (χ0n) is 18.4. The Hall–Kier alpha value is -3.47. The zero-order valence-corrected chi connectivity index (χ0v) is 18.4. The molecule has 2 N–H and O–H groups in total. The van der Waals surface area contributed by atoms with Crippen LogP contribution in [-0.2, 0) is 16.1 Å². The number of nitrogens with zero attached hydrogens (tertiary/aromatic N) is 2. The minimum absolute atomic E-state index is 0.00412. The van der Waals surface area contributed by atoms with E-state index in [-0.39, 0.29) is 30.7 Å². The van der Waals surface area contributed by atoms with Crippen molar-refractivity contribution in [3.05, 3.63) is 71.0 Å². The fourth-order valence-electron chi connectivity index (χ4n) is 3.15. The van der Waals surface area contributed by atoms with Crippen LogP contribution in [0.4, 0.5) is 17.6 Å². The largest absolute Gasteiger partial charge is 0.490 e. The number of nitrogens with one attached hydrogen (secondary N) is 1. The Morgan fingerprint density at radius 3 is 2.18 bits per heavy atom. The molecule has 3 rings (SSSR count). The first-order valence-corrected chi connectivity index (χ1v) is 10.4. The van der Waals surface area contributed by atoms with Gasteiger partial charge in [0.15, 0.2) is 0 Å². The van der Waals surface area contributed by atoms with Gasteiger partial charge in [-0.1, -0.05) is 29.8 Å². The number of aryl methyl sites for hydroxylation is 1. The van der Waals surface area contributed by atoms with Crippen molar-refractivity contribution in [2.45, 2.75) is 19.6 Å². The van der Waals surface area contributed by atoms with Gasteiger partial charge in [0.25, 0.3) is 5.91 Å². The van der Waals surface area contributed by atoms with Crippen LogP contribution in [-0.4, -0.2) is 71.6 Å². The fraction of sp³-hybridized carbons (Fsp3) is 0.348. The third-order valence-electron chi connectivity index (χ3n) is 4.88. The van der Waals surface area contributed by atoms with E-state index in [0.717, 1.165) is 24.2 Å². The summed E-state index contributed by atoms with van der Waals surface area (Å²) in [6.07, 6.45) is -5.08. The molecule has 1 fully saturated rings. The highest BCUT2D eigenvalue weighted by Crippen LogP contribution is 2.14. The van der Waals surface area contributed by atoms with Crippen LogP contribution in [0.1, 0.15) is 21.5 Å². The van der Waals surface area contributed by atoms with Gasteiger partial charge in [0.1, 0.15) is 12.4 Å². The van der Waals surface area contributed by atoms with Gasteiger partial charge < -0.3 is 20.2 Å². The van der Waals surface area contributed by atoms with Crippen molar-refractivity contribution in [2.24, 2.45) is 0 Å². The van der Waals surface area contributed by atoms with Gasteiger partial charge in [-0.05, 0) is 36.8 Å². The predicted octanol–water partition coefficient (Wildman–Crippen LogP) is 2.84. The van der Waals surface area contributed by atoms with Crippen molar-refractivity contribution in [1.29, 1.82) is 0 Å². The smallest absolute Gasteiger partial charge is 0.475 e. The Kier molecular flexibility index (Phi) is 9.55. The molecule has 0 aromatic heterocycles. The second kappa shape index (κ2) is 12.1. The highest BCUT2D eigenvalue weighted by atomic mass is 19.4. The Morgan fingerprint density at radius 1 is 1.06 bits per heavy atom. The number of alkyl halides is 3. The molecular formula is C23H25F4N3O4. The van der Waals surface area contributed by atoms with E-state index in [0.29, 0.717) is 18.7 Å². The molecule has 1 saturated heterocycles. The lowest BCUT2D eigenvalue weighted by Gasteiger charge is -2.30. The summed E-state index contributed by atoms with van der Waals surface area (Å²) in [4.78, 5) is 38.0. The van der Waals surface area contributed by atoms with E-state index in [4.69, 9.17) is 9.90 Å². The maximum absolute atomic E-state index is 13.2. The van der Waals surface area contributed by atoms with Crippen LogP contribution in [0, 0.1) is 12.7 Å². The van der Waals surface area contributed by atoms with E-state index in [1.165, 1.54) is 17.0 Å². The number of carbonyl (C=O) groups is 3. The predicted molar refractivity (Wildman–Crippen MR) is 115 cm³/mol. The van der Waals surface area contributed by atoms with Gasteiger partial charge in [0.05, 0.1) is 0 Å². The number of carboxylic acid groups (broad SMARTS) is 1.